The molecule has 0 fully saturated rings. The van der Waals surface area contributed by atoms with Crippen LogP contribution >= 0.6 is 0 Å². The summed E-state index contributed by atoms with van der Waals surface area (Å²) >= 11 is 0. The van der Waals surface area contributed by atoms with Gasteiger partial charge in [0, 0.05) is 18.5 Å². The number of furan rings is 1. The molecule has 0 aliphatic rings. The molecule has 0 saturated heterocycles. The molecular formula is C20H20N2O4S. The van der Waals surface area contributed by atoms with E-state index in [2.05, 4.69) is 10.0 Å². The summed E-state index contributed by atoms with van der Waals surface area (Å²) in [6.07, 6.45) is 2.17. The van der Waals surface area contributed by atoms with Crippen molar-refractivity contribution < 1.29 is 17.6 Å². The monoisotopic (exact) mass is 384 g/mol. The standard InChI is InChI=1S/C20H20N2O4S/c1-15-5-2-3-7-19(15)22-27(24,25)18-10-8-16(9-11-18)20(23)21-13-12-17-6-4-14-26-17/h2-11,14,22H,12-13H2,1H3,(H,21,23). The van der Waals surface area contributed by atoms with Crippen LogP contribution in [0, 0.1) is 6.92 Å². The van der Waals surface area contributed by atoms with Crippen molar-refractivity contribution in [2.45, 2.75) is 18.2 Å². The highest BCUT2D eigenvalue weighted by molar-refractivity contribution is 7.92. The van der Waals surface area contributed by atoms with E-state index in [4.69, 9.17) is 4.42 Å². The van der Waals surface area contributed by atoms with E-state index in [-0.39, 0.29) is 10.8 Å². The van der Waals surface area contributed by atoms with Gasteiger partial charge < -0.3 is 9.73 Å². The van der Waals surface area contributed by atoms with Crippen molar-refractivity contribution >= 4 is 21.6 Å². The number of hydrogen-bond acceptors (Lipinski definition) is 4. The molecule has 0 aliphatic carbocycles. The lowest BCUT2D eigenvalue weighted by Crippen LogP contribution is -2.25. The number of rotatable bonds is 7. The Bertz CT molecular complexity index is 1010. The number of nitrogens with one attached hydrogen (secondary N) is 2. The summed E-state index contributed by atoms with van der Waals surface area (Å²) in [4.78, 5) is 12.3. The third kappa shape index (κ3) is 4.77. The minimum Gasteiger partial charge on any atom is -0.469 e. The molecule has 0 radical (unpaired) electrons. The number of aryl methyl sites for hydroxylation is 1. The van der Waals surface area contributed by atoms with E-state index in [0.717, 1.165) is 11.3 Å². The molecule has 2 N–H and O–H groups in total. The molecule has 3 aromatic rings. The zero-order valence-electron chi connectivity index (χ0n) is 14.8. The van der Waals surface area contributed by atoms with Crippen LogP contribution in [0.2, 0.25) is 0 Å². The molecule has 0 unspecified atom stereocenters. The van der Waals surface area contributed by atoms with Crippen molar-refractivity contribution in [2.75, 3.05) is 11.3 Å². The molecule has 27 heavy (non-hydrogen) atoms. The van der Waals surface area contributed by atoms with Crippen LogP contribution < -0.4 is 10.0 Å². The highest BCUT2D eigenvalue weighted by atomic mass is 32.2. The second kappa shape index (κ2) is 8.09. The molecule has 0 spiro atoms. The summed E-state index contributed by atoms with van der Waals surface area (Å²) in [5, 5.41) is 2.78. The predicted octanol–water partition coefficient (Wildman–Crippen LogP) is 3.36. The zero-order chi connectivity index (χ0) is 19.3. The first-order valence-corrected chi connectivity index (χ1v) is 9.93. The van der Waals surface area contributed by atoms with Crippen LogP contribution in [-0.4, -0.2) is 20.9 Å². The number of hydrogen-bond donors (Lipinski definition) is 2. The molecule has 3 rings (SSSR count). The number of carbonyl (C=O) groups is 1. The van der Waals surface area contributed by atoms with E-state index in [1.165, 1.54) is 24.3 Å². The SMILES string of the molecule is Cc1ccccc1NS(=O)(=O)c1ccc(C(=O)NCCc2ccco2)cc1. The summed E-state index contributed by atoms with van der Waals surface area (Å²) in [6.45, 7) is 2.26. The Hall–Kier alpha value is -3.06. The highest BCUT2D eigenvalue weighted by Crippen LogP contribution is 2.19. The quantitative estimate of drug-likeness (QED) is 0.654. The van der Waals surface area contributed by atoms with Gasteiger partial charge in [0.05, 0.1) is 16.8 Å². The maximum Gasteiger partial charge on any atom is 0.261 e. The summed E-state index contributed by atoms with van der Waals surface area (Å²) in [5.41, 5.74) is 1.75. The first kappa shape index (κ1) is 18.7. The van der Waals surface area contributed by atoms with E-state index in [1.54, 1.807) is 24.5 Å². The Labute approximate surface area is 158 Å². The second-order valence-electron chi connectivity index (χ2n) is 6.03. The van der Waals surface area contributed by atoms with Crippen LogP contribution in [0.4, 0.5) is 5.69 Å². The third-order valence-corrected chi connectivity index (χ3v) is 5.43. The average Bonchev–Trinajstić information content (AvgIpc) is 3.17. The molecule has 140 valence electrons. The van der Waals surface area contributed by atoms with Crippen LogP contribution in [0.1, 0.15) is 21.7 Å². The highest BCUT2D eigenvalue weighted by Gasteiger charge is 2.16. The lowest BCUT2D eigenvalue weighted by atomic mass is 10.2. The van der Waals surface area contributed by atoms with Crippen molar-refractivity contribution in [1.29, 1.82) is 0 Å². The van der Waals surface area contributed by atoms with Gasteiger partial charge in [-0.05, 0) is 55.0 Å². The Morgan fingerprint density at radius 3 is 2.41 bits per heavy atom. The Kier molecular flexibility index (Phi) is 5.61. The number of para-hydroxylation sites is 1. The van der Waals surface area contributed by atoms with Gasteiger partial charge in [0.1, 0.15) is 5.76 Å². The second-order valence-corrected chi connectivity index (χ2v) is 7.71. The number of benzene rings is 2. The fourth-order valence-electron chi connectivity index (χ4n) is 2.53. The van der Waals surface area contributed by atoms with Crippen LogP contribution in [-0.2, 0) is 16.4 Å². The van der Waals surface area contributed by atoms with Gasteiger partial charge in [-0.2, -0.15) is 0 Å². The van der Waals surface area contributed by atoms with Gasteiger partial charge in [-0.1, -0.05) is 18.2 Å². The van der Waals surface area contributed by atoms with Crippen molar-refractivity contribution in [3.05, 3.63) is 83.8 Å². The normalized spacial score (nSPS) is 11.1. The molecule has 1 heterocycles. The van der Waals surface area contributed by atoms with Crippen molar-refractivity contribution in [1.82, 2.24) is 5.32 Å². The molecule has 0 atom stereocenters. The smallest absolute Gasteiger partial charge is 0.261 e. The Balaban J connectivity index is 1.63. The van der Waals surface area contributed by atoms with Gasteiger partial charge in [-0.3, -0.25) is 9.52 Å². The molecule has 0 bridgehead atoms. The summed E-state index contributed by atoms with van der Waals surface area (Å²) < 4.78 is 32.8. The topological polar surface area (TPSA) is 88.4 Å². The molecule has 2 aromatic carbocycles. The van der Waals surface area contributed by atoms with Gasteiger partial charge in [-0.15, -0.1) is 0 Å². The van der Waals surface area contributed by atoms with Gasteiger partial charge in [0.2, 0.25) is 0 Å². The number of anilines is 1. The van der Waals surface area contributed by atoms with Crippen molar-refractivity contribution in [3.8, 4) is 0 Å². The van der Waals surface area contributed by atoms with E-state index in [9.17, 15) is 13.2 Å². The summed E-state index contributed by atoms with van der Waals surface area (Å²) in [5.74, 6) is 0.524. The largest absolute Gasteiger partial charge is 0.469 e. The minimum absolute atomic E-state index is 0.0953. The molecule has 0 saturated carbocycles. The molecule has 0 aliphatic heterocycles. The summed E-state index contributed by atoms with van der Waals surface area (Å²) in [7, 11) is -3.72. The third-order valence-electron chi connectivity index (χ3n) is 4.05. The fraction of sp³-hybridized carbons (Fsp3) is 0.150. The molecule has 1 aromatic heterocycles. The fourth-order valence-corrected chi connectivity index (χ4v) is 3.66. The van der Waals surface area contributed by atoms with Crippen LogP contribution in [0.5, 0.6) is 0 Å². The maximum absolute atomic E-state index is 12.5. The van der Waals surface area contributed by atoms with E-state index in [1.807, 2.05) is 25.1 Å². The zero-order valence-corrected chi connectivity index (χ0v) is 15.6. The van der Waals surface area contributed by atoms with E-state index >= 15 is 0 Å². The number of sulfonamides is 1. The van der Waals surface area contributed by atoms with Gasteiger partial charge in [0.15, 0.2) is 0 Å². The van der Waals surface area contributed by atoms with Gasteiger partial charge in [-0.25, -0.2) is 8.42 Å². The molecular weight excluding hydrogens is 364 g/mol. The molecule has 6 nitrogen and oxygen atoms in total. The maximum atomic E-state index is 12.5. The van der Waals surface area contributed by atoms with Gasteiger partial charge in [0.25, 0.3) is 15.9 Å². The first-order valence-electron chi connectivity index (χ1n) is 8.45. The van der Waals surface area contributed by atoms with Crippen LogP contribution in [0.3, 0.4) is 0 Å². The minimum atomic E-state index is -3.72. The van der Waals surface area contributed by atoms with E-state index < -0.39 is 10.0 Å². The van der Waals surface area contributed by atoms with Crippen LogP contribution in [0.15, 0.2) is 76.2 Å². The van der Waals surface area contributed by atoms with Crippen molar-refractivity contribution in [3.63, 3.8) is 0 Å². The average molecular weight is 384 g/mol. The van der Waals surface area contributed by atoms with E-state index in [0.29, 0.717) is 24.2 Å². The van der Waals surface area contributed by atoms with Gasteiger partial charge >= 0.3 is 0 Å². The van der Waals surface area contributed by atoms with Crippen LogP contribution in [0.25, 0.3) is 0 Å². The predicted molar refractivity (Wildman–Crippen MR) is 103 cm³/mol. The Morgan fingerprint density at radius 1 is 1.00 bits per heavy atom. The molecule has 7 heteroatoms. The number of carbonyl (C=O) groups excluding carboxylic acids is 1. The van der Waals surface area contributed by atoms with Crippen molar-refractivity contribution in [2.24, 2.45) is 0 Å². The lowest BCUT2D eigenvalue weighted by Gasteiger charge is -2.11. The summed E-state index contributed by atoms with van der Waals surface area (Å²) in [6, 6.07) is 16.6. The Morgan fingerprint density at radius 2 is 1.74 bits per heavy atom. The lowest BCUT2D eigenvalue weighted by molar-refractivity contribution is 0.0953. The number of amides is 1. The first-order chi connectivity index (χ1) is 13.0. The molecule has 1 amide bonds.